The number of aliphatic hydroxyl groups excluding tert-OH is 1. The van der Waals surface area contributed by atoms with Crippen molar-refractivity contribution in [2.75, 3.05) is 39.3 Å². The Balaban J connectivity index is 1.10. The molecule has 1 unspecified atom stereocenters. The van der Waals surface area contributed by atoms with Gasteiger partial charge < -0.3 is 29.3 Å². The van der Waals surface area contributed by atoms with E-state index in [1.165, 1.54) is 30.3 Å². The molecule has 4 aliphatic heterocycles. The predicted octanol–water partition coefficient (Wildman–Crippen LogP) is 2.23. The Morgan fingerprint density at radius 2 is 1.62 bits per heavy atom. The van der Waals surface area contributed by atoms with Crippen molar-refractivity contribution >= 4 is 18.0 Å². The number of aliphatic hydroxyl groups is 1. The van der Waals surface area contributed by atoms with Crippen molar-refractivity contribution in [1.29, 1.82) is 0 Å². The van der Waals surface area contributed by atoms with Gasteiger partial charge in [0, 0.05) is 44.8 Å². The van der Waals surface area contributed by atoms with Gasteiger partial charge in [0.1, 0.15) is 5.75 Å². The molecule has 1 aromatic rings. The molecule has 4 saturated heterocycles. The Hall–Kier alpha value is -2.83. The van der Waals surface area contributed by atoms with Crippen molar-refractivity contribution in [2.24, 2.45) is 11.8 Å². The number of hydrogen-bond acceptors (Lipinski definition) is 6. The van der Waals surface area contributed by atoms with Crippen LogP contribution in [-0.4, -0.2) is 95.9 Å². The number of nitrogens with one attached hydrogen (secondary N) is 1. The van der Waals surface area contributed by atoms with Gasteiger partial charge in [-0.25, -0.2) is 4.79 Å². The summed E-state index contributed by atoms with van der Waals surface area (Å²) in [6.07, 6.45) is -0.532. The van der Waals surface area contributed by atoms with Crippen LogP contribution in [-0.2, 0) is 9.53 Å². The molecule has 0 saturated carbocycles. The van der Waals surface area contributed by atoms with Gasteiger partial charge in [0.05, 0.1) is 12.6 Å². The monoisotopic (exact) mass is 524 g/mol. The van der Waals surface area contributed by atoms with E-state index in [1.807, 2.05) is 9.80 Å². The molecular formula is C25H31F3N4O5. The fraction of sp³-hybridized carbons (Fsp3) is 0.600. The second-order valence-electron chi connectivity index (χ2n) is 10.1. The third-order valence-corrected chi connectivity index (χ3v) is 7.72. The fourth-order valence-corrected chi connectivity index (χ4v) is 5.78. The Labute approximate surface area is 212 Å². The van der Waals surface area contributed by atoms with E-state index in [4.69, 9.17) is 4.74 Å². The van der Waals surface area contributed by atoms with Crippen molar-refractivity contribution in [1.82, 2.24) is 20.0 Å². The summed E-state index contributed by atoms with van der Waals surface area (Å²) in [7, 11) is 0. The van der Waals surface area contributed by atoms with E-state index in [9.17, 15) is 27.9 Å². The molecule has 3 amide bonds. The molecule has 202 valence electrons. The van der Waals surface area contributed by atoms with Crippen LogP contribution in [0.2, 0.25) is 0 Å². The van der Waals surface area contributed by atoms with Crippen LogP contribution in [0.3, 0.4) is 0 Å². The maximum absolute atomic E-state index is 13.2. The minimum atomic E-state index is -4.74. The zero-order chi connectivity index (χ0) is 26.2. The molecule has 0 aromatic heterocycles. The summed E-state index contributed by atoms with van der Waals surface area (Å²) in [5.41, 5.74) is 0.598. The number of nitrogens with zero attached hydrogens (tertiary/aromatic N) is 3. The second-order valence-corrected chi connectivity index (χ2v) is 10.1. The molecule has 5 rings (SSSR count). The number of carbonyl (C=O) groups excluding carboxylic acids is 2. The highest BCUT2D eigenvalue weighted by atomic mass is 19.4. The molecule has 12 heteroatoms. The highest BCUT2D eigenvalue weighted by molar-refractivity contribution is 5.91. The van der Waals surface area contributed by atoms with Gasteiger partial charge in [0.15, 0.2) is 0 Å². The maximum atomic E-state index is 13.2. The number of fused-ring (bicyclic) bond motifs is 2. The van der Waals surface area contributed by atoms with Crippen LogP contribution in [0, 0.1) is 11.8 Å². The second kappa shape index (κ2) is 10.5. The van der Waals surface area contributed by atoms with E-state index in [0.717, 1.165) is 19.3 Å². The van der Waals surface area contributed by atoms with E-state index < -0.39 is 12.8 Å². The normalized spacial score (nSPS) is 30.3. The fourth-order valence-electron chi connectivity index (χ4n) is 5.78. The SMILES string of the molecule is O=C(/C=C/c1ccc(OC(F)(F)F)cc1)N1CC[C@@H]2CN(C(=O)N3CC[C@H]4NC(O)O[C@@H]4C3)C[C@@H]2CC1. The highest BCUT2D eigenvalue weighted by Gasteiger charge is 2.43. The van der Waals surface area contributed by atoms with E-state index >= 15 is 0 Å². The maximum Gasteiger partial charge on any atom is 0.573 e. The number of alkyl halides is 3. The van der Waals surface area contributed by atoms with Gasteiger partial charge in [-0.05, 0) is 54.9 Å². The van der Waals surface area contributed by atoms with Crippen molar-refractivity contribution < 1.29 is 37.3 Å². The zero-order valence-corrected chi connectivity index (χ0v) is 20.3. The first-order chi connectivity index (χ1) is 17.6. The van der Waals surface area contributed by atoms with E-state index in [0.29, 0.717) is 56.7 Å². The van der Waals surface area contributed by atoms with Crippen LogP contribution in [0.5, 0.6) is 5.75 Å². The predicted molar refractivity (Wildman–Crippen MR) is 126 cm³/mol. The number of ether oxygens (including phenoxy) is 2. The Kier molecular flexibility index (Phi) is 7.32. The average molecular weight is 525 g/mol. The standard InChI is InChI=1S/C25H31F3N4O5/c26-25(27,28)37-19-4-1-16(2-5-19)3-6-22(33)30-10-7-17-13-32(14-18(17)8-11-30)24(35)31-12-9-20-21(15-31)36-23(34)29-20/h1-6,17-18,20-21,23,29,34H,7-15H2/b6-3+/t17-,18+,20-,21-,23?/m1/s1. The molecule has 4 fully saturated rings. The molecule has 1 aromatic carbocycles. The lowest BCUT2D eigenvalue weighted by molar-refractivity contribution is -0.274. The van der Waals surface area contributed by atoms with E-state index in [1.54, 1.807) is 11.0 Å². The van der Waals surface area contributed by atoms with Crippen molar-refractivity contribution in [3.63, 3.8) is 0 Å². The third kappa shape index (κ3) is 6.19. The largest absolute Gasteiger partial charge is 0.573 e. The number of likely N-dealkylation sites (tertiary alicyclic amines) is 3. The lowest BCUT2D eigenvalue weighted by Crippen LogP contribution is -2.53. The van der Waals surface area contributed by atoms with Gasteiger partial charge in [-0.15, -0.1) is 13.2 Å². The van der Waals surface area contributed by atoms with Crippen LogP contribution in [0.15, 0.2) is 30.3 Å². The Morgan fingerprint density at radius 1 is 0.973 bits per heavy atom. The van der Waals surface area contributed by atoms with Crippen LogP contribution < -0.4 is 10.1 Å². The van der Waals surface area contributed by atoms with Crippen LogP contribution in [0.1, 0.15) is 24.8 Å². The molecular weight excluding hydrogens is 493 g/mol. The van der Waals surface area contributed by atoms with Crippen LogP contribution in [0.25, 0.3) is 6.08 Å². The Bertz CT molecular complexity index is 1000. The van der Waals surface area contributed by atoms with Gasteiger partial charge >= 0.3 is 12.4 Å². The highest BCUT2D eigenvalue weighted by Crippen LogP contribution is 2.33. The first kappa shape index (κ1) is 25.8. The summed E-state index contributed by atoms with van der Waals surface area (Å²) >= 11 is 0. The molecule has 37 heavy (non-hydrogen) atoms. The quantitative estimate of drug-likeness (QED) is 0.589. The first-order valence-corrected chi connectivity index (χ1v) is 12.6. The summed E-state index contributed by atoms with van der Waals surface area (Å²) in [5, 5.41) is 12.6. The van der Waals surface area contributed by atoms with Crippen molar-refractivity contribution in [3.8, 4) is 5.75 Å². The molecule has 2 N–H and O–H groups in total. The van der Waals surface area contributed by atoms with Crippen LogP contribution in [0.4, 0.5) is 18.0 Å². The van der Waals surface area contributed by atoms with Gasteiger partial charge in [0.25, 0.3) is 0 Å². The number of amides is 3. The lowest BCUT2D eigenvalue weighted by atomic mass is 9.92. The van der Waals surface area contributed by atoms with Crippen molar-refractivity contribution in [2.45, 2.75) is 44.2 Å². The molecule has 5 atom stereocenters. The van der Waals surface area contributed by atoms with Gasteiger partial charge in [-0.1, -0.05) is 12.1 Å². The average Bonchev–Trinajstić information content (AvgIpc) is 3.37. The summed E-state index contributed by atoms with van der Waals surface area (Å²) in [5.74, 6) is 0.208. The lowest BCUT2D eigenvalue weighted by Gasteiger charge is -2.36. The third-order valence-electron chi connectivity index (χ3n) is 7.72. The minimum Gasteiger partial charge on any atom is -0.406 e. The summed E-state index contributed by atoms with van der Waals surface area (Å²) in [6.45, 7) is 3.61. The first-order valence-electron chi connectivity index (χ1n) is 12.6. The number of piperidine rings is 1. The van der Waals surface area contributed by atoms with Crippen molar-refractivity contribution in [3.05, 3.63) is 35.9 Å². The Morgan fingerprint density at radius 3 is 2.27 bits per heavy atom. The molecule has 0 aliphatic carbocycles. The molecule has 9 nitrogen and oxygen atoms in total. The number of urea groups is 1. The van der Waals surface area contributed by atoms with Gasteiger partial charge in [-0.3, -0.25) is 10.1 Å². The number of carbonyl (C=O) groups is 2. The van der Waals surface area contributed by atoms with Crippen LogP contribution >= 0.6 is 0 Å². The number of benzene rings is 1. The number of halogens is 3. The van der Waals surface area contributed by atoms with Gasteiger partial charge in [0.2, 0.25) is 12.3 Å². The summed E-state index contributed by atoms with van der Waals surface area (Å²) in [6, 6.07) is 5.43. The number of hydrogen-bond donors (Lipinski definition) is 2. The van der Waals surface area contributed by atoms with E-state index in [2.05, 4.69) is 10.1 Å². The molecule has 4 heterocycles. The summed E-state index contributed by atoms with van der Waals surface area (Å²) in [4.78, 5) is 31.4. The molecule has 4 aliphatic rings. The zero-order valence-electron chi connectivity index (χ0n) is 20.3. The molecule has 0 bridgehead atoms. The molecule has 0 spiro atoms. The van der Waals surface area contributed by atoms with E-state index in [-0.39, 0.29) is 29.8 Å². The van der Waals surface area contributed by atoms with Gasteiger partial charge in [-0.2, -0.15) is 0 Å². The number of rotatable bonds is 3. The topological polar surface area (TPSA) is 94.6 Å². The minimum absolute atomic E-state index is 0.0130. The molecule has 0 radical (unpaired) electrons. The summed E-state index contributed by atoms with van der Waals surface area (Å²) < 4.78 is 46.2. The smallest absolute Gasteiger partial charge is 0.406 e.